The van der Waals surface area contributed by atoms with Crippen molar-refractivity contribution in [3.8, 4) is 0 Å². The van der Waals surface area contributed by atoms with Gasteiger partial charge in [-0.3, -0.25) is 4.79 Å². The molecule has 0 spiro atoms. The minimum atomic E-state index is -1.12. The van der Waals surface area contributed by atoms with Crippen molar-refractivity contribution in [3.63, 3.8) is 0 Å². The molecule has 0 aliphatic carbocycles. The van der Waals surface area contributed by atoms with Gasteiger partial charge in [-0.1, -0.05) is 0 Å². The second kappa shape index (κ2) is 4.75. The molecule has 5 atom stereocenters. The average molecular weight is 262 g/mol. The number of carbonyl (C=O) groups is 1. The van der Waals surface area contributed by atoms with Crippen LogP contribution in [0, 0.1) is 0 Å². The molecule has 0 aromatic heterocycles. The first-order valence-corrected chi connectivity index (χ1v) is 5.81. The van der Waals surface area contributed by atoms with Crippen LogP contribution in [0.1, 0.15) is 20.8 Å². The number of esters is 1. The molecular weight excluding hydrogens is 244 g/mol. The summed E-state index contributed by atoms with van der Waals surface area (Å²) >= 11 is 0. The number of ether oxygens (including phenoxy) is 4. The van der Waals surface area contributed by atoms with E-state index in [1.165, 1.54) is 6.92 Å². The van der Waals surface area contributed by atoms with Crippen LogP contribution in [0.2, 0.25) is 0 Å². The van der Waals surface area contributed by atoms with Gasteiger partial charge in [0.25, 0.3) is 0 Å². The predicted molar refractivity (Wildman–Crippen MR) is 57.3 cm³/mol. The number of aliphatic hydroxyl groups is 2. The van der Waals surface area contributed by atoms with Crippen LogP contribution in [-0.2, 0) is 23.7 Å². The molecule has 0 aromatic rings. The van der Waals surface area contributed by atoms with Crippen LogP contribution >= 0.6 is 0 Å². The first-order chi connectivity index (χ1) is 8.34. The summed E-state index contributed by atoms with van der Waals surface area (Å²) in [5.41, 5.74) is 0. The first kappa shape index (κ1) is 13.7. The normalized spacial score (nSPS) is 39.4. The molecule has 0 bridgehead atoms. The second-order valence-electron chi connectivity index (χ2n) is 4.89. The topological polar surface area (TPSA) is 94.5 Å². The zero-order chi connectivity index (χ0) is 13.5. The molecular formula is C11H18O7. The Hall–Kier alpha value is -0.730. The fourth-order valence-electron chi connectivity index (χ4n) is 2.26. The number of hydrogen-bond acceptors (Lipinski definition) is 7. The van der Waals surface area contributed by atoms with Crippen LogP contribution < -0.4 is 0 Å². The van der Waals surface area contributed by atoms with Crippen molar-refractivity contribution >= 4 is 5.97 Å². The average Bonchev–Trinajstić information content (AvgIpc) is 2.72. The summed E-state index contributed by atoms with van der Waals surface area (Å²) in [6, 6.07) is 0. The molecule has 1 unspecified atom stereocenters. The largest absolute Gasteiger partial charge is 0.433 e. The molecule has 2 fully saturated rings. The summed E-state index contributed by atoms with van der Waals surface area (Å²) in [5, 5.41) is 18.7. The summed E-state index contributed by atoms with van der Waals surface area (Å²) in [5.74, 6) is -1.35. The predicted octanol–water partition coefficient (Wildman–Crippen LogP) is -0.852. The fraction of sp³-hybridized carbons (Fsp3) is 0.909. The standard InChI is InChI=1S/C11H18O7/c1-5(13)15-10-9-8(17-11(2,3)18-9)7(16-10)6(14)4-12/h6-10,12,14H,4H2,1-3H3/t6?,7-,8-,9-,10-/m1/s1. The highest BCUT2D eigenvalue weighted by atomic mass is 16.8. The third-order valence-electron chi connectivity index (χ3n) is 2.90. The molecule has 18 heavy (non-hydrogen) atoms. The minimum absolute atomic E-state index is 0.468. The highest BCUT2D eigenvalue weighted by Crippen LogP contribution is 2.40. The number of rotatable bonds is 3. The summed E-state index contributed by atoms with van der Waals surface area (Å²) in [6.45, 7) is 4.23. The van der Waals surface area contributed by atoms with Crippen molar-refractivity contribution in [1.29, 1.82) is 0 Å². The van der Waals surface area contributed by atoms with Crippen molar-refractivity contribution in [3.05, 3.63) is 0 Å². The van der Waals surface area contributed by atoms with Crippen molar-refractivity contribution in [2.45, 2.75) is 57.3 Å². The monoisotopic (exact) mass is 262 g/mol. The van der Waals surface area contributed by atoms with Gasteiger partial charge in [0.1, 0.15) is 18.3 Å². The van der Waals surface area contributed by atoms with E-state index in [1.807, 2.05) is 0 Å². The third kappa shape index (κ3) is 2.50. The lowest BCUT2D eigenvalue weighted by Crippen LogP contribution is -2.40. The third-order valence-corrected chi connectivity index (χ3v) is 2.90. The molecule has 0 aromatic carbocycles. The Kier molecular flexibility index (Phi) is 3.61. The van der Waals surface area contributed by atoms with Gasteiger partial charge in [0, 0.05) is 6.92 Å². The lowest BCUT2D eigenvalue weighted by Gasteiger charge is -2.25. The SMILES string of the molecule is CC(=O)O[C@@H]1O[C@H](C(O)CO)[C@H]2OC(C)(C)O[C@@H]12. The Morgan fingerprint density at radius 2 is 2.00 bits per heavy atom. The van der Waals surface area contributed by atoms with Gasteiger partial charge >= 0.3 is 5.97 Å². The van der Waals surface area contributed by atoms with E-state index in [0.29, 0.717) is 0 Å². The summed E-state index contributed by atoms with van der Waals surface area (Å²) < 4.78 is 21.6. The van der Waals surface area contributed by atoms with E-state index >= 15 is 0 Å². The Labute approximate surface area is 105 Å². The van der Waals surface area contributed by atoms with E-state index < -0.39 is 49.1 Å². The zero-order valence-electron chi connectivity index (χ0n) is 10.5. The maximum atomic E-state index is 11.0. The lowest BCUT2D eigenvalue weighted by atomic mass is 10.1. The highest BCUT2D eigenvalue weighted by molar-refractivity contribution is 5.66. The van der Waals surface area contributed by atoms with E-state index in [4.69, 9.17) is 24.1 Å². The molecule has 0 radical (unpaired) electrons. The van der Waals surface area contributed by atoms with E-state index in [2.05, 4.69) is 0 Å². The number of carbonyl (C=O) groups excluding carboxylic acids is 1. The van der Waals surface area contributed by atoms with Gasteiger partial charge in [-0.05, 0) is 13.8 Å². The molecule has 0 saturated carbocycles. The lowest BCUT2D eigenvalue weighted by molar-refractivity contribution is -0.240. The Morgan fingerprint density at radius 1 is 1.39 bits per heavy atom. The second-order valence-corrected chi connectivity index (χ2v) is 4.89. The van der Waals surface area contributed by atoms with Gasteiger partial charge in [0.15, 0.2) is 11.9 Å². The Bertz CT molecular complexity index is 329. The van der Waals surface area contributed by atoms with Crippen LogP contribution in [0.4, 0.5) is 0 Å². The molecule has 7 heteroatoms. The molecule has 2 heterocycles. The van der Waals surface area contributed by atoms with Crippen molar-refractivity contribution in [1.82, 2.24) is 0 Å². The van der Waals surface area contributed by atoms with E-state index in [1.54, 1.807) is 13.8 Å². The van der Waals surface area contributed by atoms with E-state index in [-0.39, 0.29) is 0 Å². The summed E-state index contributed by atoms with van der Waals surface area (Å²) in [6.07, 6.45) is -4.01. The van der Waals surface area contributed by atoms with Crippen molar-refractivity contribution < 1.29 is 34.0 Å². The van der Waals surface area contributed by atoms with Crippen molar-refractivity contribution in [2.24, 2.45) is 0 Å². The van der Waals surface area contributed by atoms with Gasteiger partial charge in [0.2, 0.25) is 6.29 Å². The highest BCUT2D eigenvalue weighted by Gasteiger charge is 2.58. The fourth-order valence-corrected chi connectivity index (χ4v) is 2.26. The minimum Gasteiger partial charge on any atom is -0.433 e. The van der Waals surface area contributed by atoms with E-state index in [0.717, 1.165) is 0 Å². The number of aliphatic hydroxyl groups excluding tert-OH is 2. The Balaban J connectivity index is 2.15. The van der Waals surface area contributed by atoms with Crippen molar-refractivity contribution in [2.75, 3.05) is 6.61 Å². The maximum Gasteiger partial charge on any atom is 0.305 e. The summed E-state index contributed by atoms with van der Waals surface area (Å²) in [7, 11) is 0. The first-order valence-electron chi connectivity index (χ1n) is 5.81. The zero-order valence-corrected chi connectivity index (χ0v) is 10.5. The smallest absolute Gasteiger partial charge is 0.305 e. The molecule has 7 nitrogen and oxygen atoms in total. The van der Waals surface area contributed by atoms with Gasteiger partial charge in [-0.15, -0.1) is 0 Å². The Morgan fingerprint density at radius 3 is 2.56 bits per heavy atom. The van der Waals surface area contributed by atoms with Gasteiger partial charge in [0.05, 0.1) is 6.61 Å². The molecule has 2 saturated heterocycles. The quantitative estimate of drug-likeness (QED) is 0.639. The molecule has 2 aliphatic heterocycles. The molecule has 0 amide bonds. The molecule has 2 N–H and O–H groups in total. The number of hydrogen-bond donors (Lipinski definition) is 2. The van der Waals surface area contributed by atoms with Crippen LogP contribution in [-0.4, -0.2) is 59.3 Å². The maximum absolute atomic E-state index is 11.0. The molecule has 2 aliphatic rings. The van der Waals surface area contributed by atoms with Crippen LogP contribution in [0.15, 0.2) is 0 Å². The van der Waals surface area contributed by atoms with Crippen LogP contribution in [0.5, 0.6) is 0 Å². The van der Waals surface area contributed by atoms with Gasteiger partial charge < -0.3 is 29.2 Å². The number of fused-ring (bicyclic) bond motifs is 1. The molecule has 104 valence electrons. The van der Waals surface area contributed by atoms with Crippen LogP contribution in [0.3, 0.4) is 0 Å². The molecule has 2 rings (SSSR count). The summed E-state index contributed by atoms with van der Waals surface area (Å²) in [4.78, 5) is 11.0. The van der Waals surface area contributed by atoms with E-state index in [9.17, 15) is 9.90 Å². The van der Waals surface area contributed by atoms with Crippen LogP contribution in [0.25, 0.3) is 0 Å². The van der Waals surface area contributed by atoms with Gasteiger partial charge in [-0.25, -0.2) is 0 Å². The van der Waals surface area contributed by atoms with Gasteiger partial charge in [-0.2, -0.15) is 0 Å².